The number of aromatic nitrogens is 5. The van der Waals surface area contributed by atoms with Gasteiger partial charge in [0.2, 0.25) is 5.91 Å². The molecule has 45 heavy (non-hydrogen) atoms. The van der Waals surface area contributed by atoms with Gasteiger partial charge in [0.15, 0.2) is 11.5 Å². The predicted molar refractivity (Wildman–Crippen MR) is 157 cm³/mol. The third-order valence-electron chi connectivity index (χ3n) is 7.26. The molecule has 4 aromatic rings. The summed E-state index contributed by atoms with van der Waals surface area (Å²) in [5.74, 6) is -1.32. The van der Waals surface area contributed by atoms with Crippen molar-refractivity contribution in [3.63, 3.8) is 0 Å². The Hall–Kier alpha value is -4.76. The van der Waals surface area contributed by atoms with Crippen molar-refractivity contribution in [3.05, 3.63) is 87.8 Å². The molecule has 0 radical (unpaired) electrons. The Kier molecular flexibility index (Phi) is 9.20. The molecule has 16 heteroatoms. The lowest BCUT2D eigenvalue weighted by Gasteiger charge is -2.35. The van der Waals surface area contributed by atoms with Gasteiger partial charge in [-0.3, -0.25) is 24.5 Å². The fraction of sp³-hybridized carbons (Fsp3) is 0.310. The number of rotatable bonds is 8. The first-order chi connectivity index (χ1) is 21.4. The molecule has 12 nitrogen and oxygen atoms in total. The number of nitrogens with one attached hydrogen (secondary N) is 3. The second-order valence-corrected chi connectivity index (χ2v) is 10.9. The van der Waals surface area contributed by atoms with Crippen LogP contribution in [0, 0.1) is 0 Å². The van der Waals surface area contributed by atoms with E-state index in [1.807, 2.05) is 0 Å². The van der Waals surface area contributed by atoms with Crippen LogP contribution in [0.5, 0.6) is 0 Å². The molecule has 3 aromatic heterocycles. The minimum Gasteiger partial charge on any atom is -0.345 e. The SMILES string of the molecule is C[C@H](N)C(=O)N1CCN(C(=O)c2ccc(CNC(=O)c3ncc(-c4c(C(F)(F)F)n[nH]c4Cc4cccnc4)[nH]3)cc2Cl)CC1. The van der Waals surface area contributed by atoms with Gasteiger partial charge in [0, 0.05) is 57.2 Å². The molecule has 1 saturated heterocycles. The average molecular weight is 644 g/mol. The zero-order chi connectivity index (χ0) is 32.3. The lowest BCUT2D eigenvalue weighted by atomic mass is 10.0. The number of nitrogens with zero attached hydrogens (tertiary/aromatic N) is 5. The fourth-order valence-corrected chi connectivity index (χ4v) is 5.25. The second-order valence-electron chi connectivity index (χ2n) is 10.5. The maximum absolute atomic E-state index is 13.8. The van der Waals surface area contributed by atoms with E-state index >= 15 is 0 Å². The highest BCUT2D eigenvalue weighted by atomic mass is 35.5. The molecular formula is C29H29ClF3N9O3. The van der Waals surface area contributed by atoms with Gasteiger partial charge >= 0.3 is 6.18 Å². The minimum atomic E-state index is -4.75. The number of nitrogens with two attached hydrogens (primary N) is 1. The lowest BCUT2D eigenvalue weighted by Crippen LogP contribution is -2.53. The van der Waals surface area contributed by atoms with Gasteiger partial charge in [0.25, 0.3) is 11.8 Å². The molecule has 5 N–H and O–H groups in total. The van der Waals surface area contributed by atoms with E-state index in [0.717, 1.165) is 6.20 Å². The summed E-state index contributed by atoms with van der Waals surface area (Å²) in [7, 11) is 0. The van der Waals surface area contributed by atoms with Gasteiger partial charge in [0.1, 0.15) is 0 Å². The maximum Gasteiger partial charge on any atom is 0.435 e. The molecule has 4 heterocycles. The molecular weight excluding hydrogens is 615 g/mol. The van der Waals surface area contributed by atoms with Gasteiger partial charge in [-0.15, -0.1) is 0 Å². The Morgan fingerprint density at radius 2 is 1.82 bits per heavy atom. The van der Waals surface area contributed by atoms with E-state index in [-0.39, 0.29) is 58.1 Å². The van der Waals surface area contributed by atoms with E-state index in [0.29, 0.717) is 37.3 Å². The number of H-pyrrole nitrogens is 2. The summed E-state index contributed by atoms with van der Waals surface area (Å²) < 4.78 is 41.4. The van der Waals surface area contributed by atoms with Crippen molar-refractivity contribution in [2.24, 2.45) is 5.73 Å². The molecule has 0 unspecified atom stereocenters. The summed E-state index contributed by atoms with van der Waals surface area (Å²) in [5, 5.41) is 8.77. The predicted octanol–water partition coefficient (Wildman–Crippen LogP) is 3.02. The summed E-state index contributed by atoms with van der Waals surface area (Å²) in [6.07, 6.45) is -0.428. The maximum atomic E-state index is 13.8. The Labute approximate surface area is 260 Å². The number of imidazole rings is 1. The zero-order valence-electron chi connectivity index (χ0n) is 24.0. The number of benzene rings is 1. The molecule has 0 aliphatic carbocycles. The fourth-order valence-electron chi connectivity index (χ4n) is 4.97. The van der Waals surface area contributed by atoms with Crippen LogP contribution in [0.15, 0.2) is 48.9 Å². The molecule has 1 aliphatic rings. The smallest absolute Gasteiger partial charge is 0.345 e. The summed E-state index contributed by atoms with van der Waals surface area (Å²) in [6.45, 7) is 3.03. The molecule has 1 aromatic carbocycles. The van der Waals surface area contributed by atoms with Crippen molar-refractivity contribution in [1.29, 1.82) is 0 Å². The number of carbonyl (C=O) groups is 3. The molecule has 0 saturated carbocycles. The molecule has 1 atom stereocenters. The largest absolute Gasteiger partial charge is 0.435 e. The number of piperazine rings is 1. The zero-order valence-corrected chi connectivity index (χ0v) is 24.7. The summed E-state index contributed by atoms with van der Waals surface area (Å²) in [6, 6.07) is 7.51. The summed E-state index contributed by atoms with van der Waals surface area (Å²) in [5.41, 5.74) is 5.95. The van der Waals surface area contributed by atoms with Crippen LogP contribution < -0.4 is 11.1 Å². The molecule has 236 valence electrons. The van der Waals surface area contributed by atoms with Gasteiger partial charge in [-0.05, 0) is 36.2 Å². The second kappa shape index (κ2) is 13.1. The molecule has 5 rings (SSSR count). The van der Waals surface area contributed by atoms with Gasteiger partial charge in [-0.25, -0.2) is 4.98 Å². The number of aromatic amines is 2. The van der Waals surface area contributed by atoms with Crippen LogP contribution in [0.3, 0.4) is 0 Å². The van der Waals surface area contributed by atoms with Crippen LogP contribution in [0.25, 0.3) is 11.3 Å². The summed E-state index contributed by atoms with van der Waals surface area (Å²) >= 11 is 6.42. The minimum absolute atomic E-state index is 0.00683. The molecule has 0 spiro atoms. The molecule has 1 aliphatic heterocycles. The van der Waals surface area contributed by atoms with Gasteiger partial charge in [-0.2, -0.15) is 18.3 Å². The highest BCUT2D eigenvalue weighted by molar-refractivity contribution is 6.33. The highest BCUT2D eigenvalue weighted by Crippen LogP contribution is 2.37. The monoisotopic (exact) mass is 643 g/mol. The number of halogens is 4. The third kappa shape index (κ3) is 7.15. The highest BCUT2D eigenvalue weighted by Gasteiger charge is 2.39. The Morgan fingerprint density at radius 1 is 1.09 bits per heavy atom. The van der Waals surface area contributed by atoms with Crippen molar-refractivity contribution in [1.82, 2.24) is 40.3 Å². The van der Waals surface area contributed by atoms with E-state index in [1.165, 1.54) is 6.20 Å². The molecule has 1 fully saturated rings. The number of pyridine rings is 1. The van der Waals surface area contributed by atoms with E-state index in [1.54, 1.807) is 53.3 Å². The van der Waals surface area contributed by atoms with Crippen LogP contribution in [-0.4, -0.2) is 84.9 Å². The average Bonchev–Trinajstić information content (AvgIpc) is 3.67. The van der Waals surface area contributed by atoms with Crippen molar-refractivity contribution < 1.29 is 27.6 Å². The number of hydrogen-bond donors (Lipinski definition) is 4. The molecule has 3 amide bonds. The van der Waals surface area contributed by atoms with Crippen molar-refractivity contribution in [2.45, 2.75) is 32.1 Å². The first-order valence-electron chi connectivity index (χ1n) is 13.9. The van der Waals surface area contributed by atoms with Crippen LogP contribution >= 0.6 is 11.6 Å². The van der Waals surface area contributed by atoms with E-state index in [4.69, 9.17) is 17.3 Å². The van der Waals surface area contributed by atoms with Gasteiger partial charge in [0.05, 0.1) is 34.1 Å². The van der Waals surface area contributed by atoms with E-state index in [9.17, 15) is 27.6 Å². The van der Waals surface area contributed by atoms with Gasteiger partial charge < -0.3 is 25.8 Å². The Balaban J connectivity index is 1.23. The van der Waals surface area contributed by atoms with E-state index in [2.05, 4.69) is 30.5 Å². The van der Waals surface area contributed by atoms with Crippen molar-refractivity contribution >= 4 is 29.3 Å². The van der Waals surface area contributed by atoms with Crippen LogP contribution in [0.4, 0.5) is 13.2 Å². The summed E-state index contributed by atoms with van der Waals surface area (Å²) in [4.78, 5) is 51.9. The van der Waals surface area contributed by atoms with Crippen LogP contribution in [0.1, 0.15) is 50.4 Å². The topological polar surface area (TPSA) is 166 Å². The normalized spacial score (nSPS) is 14.4. The van der Waals surface area contributed by atoms with Crippen LogP contribution in [-0.2, 0) is 23.9 Å². The third-order valence-corrected chi connectivity index (χ3v) is 7.57. The van der Waals surface area contributed by atoms with Crippen molar-refractivity contribution in [3.8, 4) is 11.3 Å². The first-order valence-corrected chi connectivity index (χ1v) is 14.3. The first kappa shape index (κ1) is 31.7. The van der Waals surface area contributed by atoms with Gasteiger partial charge in [-0.1, -0.05) is 23.7 Å². The number of alkyl halides is 3. The Bertz CT molecular complexity index is 1700. The lowest BCUT2D eigenvalue weighted by molar-refractivity contribution is -0.140. The number of carbonyl (C=O) groups excluding carboxylic acids is 3. The quantitative estimate of drug-likeness (QED) is 0.229. The van der Waals surface area contributed by atoms with E-state index < -0.39 is 23.8 Å². The molecule has 0 bridgehead atoms. The number of amides is 3. The van der Waals surface area contributed by atoms with Crippen molar-refractivity contribution in [2.75, 3.05) is 26.2 Å². The Morgan fingerprint density at radius 3 is 2.47 bits per heavy atom. The van der Waals surface area contributed by atoms with Crippen LogP contribution in [0.2, 0.25) is 5.02 Å². The number of hydrogen-bond acceptors (Lipinski definition) is 7. The standard InChI is InChI=1S/C29H29ClF3N9O3/c1-16(34)27(44)41-7-9-42(10-8-41)28(45)19-5-4-18(11-20(19)30)14-37-26(43)25-36-15-22(38-25)23-21(12-17-3-2-6-35-13-17)39-40-24(23)29(31,32)33/h2-6,11,13,15-16H,7-10,12,14,34H2,1H3,(H,36,38)(H,37,43)(H,39,40)/t16-/m0/s1.